The van der Waals surface area contributed by atoms with Gasteiger partial charge in [-0.2, -0.15) is 0 Å². The van der Waals surface area contributed by atoms with Crippen LogP contribution in [0.4, 0.5) is 5.69 Å². The van der Waals surface area contributed by atoms with Gasteiger partial charge in [0.05, 0.1) is 11.6 Å². The van der Waals surface area contributed by atoms with Crippen LogP contribution in [0.15, 0.2) is 83.0 Å². The van der Waals surface area contributed by atoms with Crippen molar-refractivity contribution >= 4 is 39.5 Å². The summed E-state index contributed by atoms with van der Waals surface area (Å²) in [5.41, 5.74) is 8.60. The third kappa shape index (κ3) is 5.96. The number of halogens is 1. The summed E-state index contributed by atoms with van der Waals surface area (Å²) < 4.78 is 5.98. The lowest BCUT2D eigenvalue weighted by atomic mass is 10.1. The summed E-state index contributed by atoms with van der Waals surface area (Å²) in [6.07, 6.45) is 1.61. The lowest BCUT2D eigenvalue weighted by Crippen LogP contribution is -2.34. The number of carbonyl (C=O) groups excluding carboxylic acids is 2. The maximum absolute atomic E-state index is 12.9. The average molecular weight is 480 g/mol. The first-order valence-corrected chi connectivity index (χ1v) is 10.3. The predicted octanol–water partition coefficient (Wildman–Crippen LogP) is 4.13. The number of hydrogen-bond acceptors (Lipinski definition) is 4. The van der Waals surface area contributed by atoms with Crippen molar-refractivity contribution in [2.45, 2.75) is 6.54 Å². The molecule has 0 aliphatic heterocycles. The monoisotopic (exact) mass is 479 g/mol. The molecule has 6 nitrogen and oxygen atoms in total. The standard InChI is InChI=1S/C24H22BrN3O3/c1-31-22-12-11-16(13-19(22)25)14-21(28-23(29)17-7-3-2-4-8-17)24(30)27-15-18-9-5-6-10-20(18)26/h2-14H,15,26H2,1H3,(H,27,30)(H,28,29)/b21-14-. The Labute approximate surface area is 189 Å². The van der Waals surface area contributed by atoms with Crippen LogP contribution >= 0.6 is 15.9 Å². The zero-order valence-electron chi connectivity index (χ0n) is 16.9. The van der Waals surface area contributed by atoms with Crippen LogP contribution in [-0.4, -0.2) is 18.9 Å². The van der Waals surface area contributed by atoms with Crippen LogP contribution in [0.1, 0.15) is 21.5 Å². The number of methoxy groups -OCH3 is 1. The normalized spacial score (nSPS) is 11.0. The molecule has 0 fully saturated rings. The minimum Gasteiger partial charge on any atom is -0.496 e. The van der Waals surface area contributed by atoms with Gasteiger partial charge in [0, 0.05) is 17.8 Å². The van der Waals surface area contributed by atoms with Crippen molar-refractivity contribution in [2.75, 3.05) is 12.8 Å². The molecule has 7 heteroatoms. The SMILES string of the molecule is COc1ccc(/C=C(\NC(=O)c2ccccc2)C(=O)NCc2ccccc2N)cc1Br. The molecule has 3 aromatic rings. The molecule has 0 aliphatic rings. The Balaban J connectivity index is 1.85. The van der Waals surface area contributed by atoms with E-state index in [4.69, 9.17) is 10.5 Å². The molecule has 4 N–H and O–H groups in total. The van der Waals surface area contributed by atoms with Gasteiger partial charge in [0.2, 0.25) is 0 Å². The quantitative estimate of drug-likeness (QED) is 0.350. The predicted molar refractivity (Wildman–Crippen MR) is 125 cm³/mol. The highest BCUT2D eigenvalue weighted by Gasteiger charge is 2.15. The van der Waals surface area contributed by atoms with Crippen LogP contribution in [0.2, 0.25) is 0 Å². The van der Waals surface area contributed by atoms with E-state index >= 15 is 0 Å². The highest BCUT2D eigenvalue weighted by molar-refractivity contribution is 9.10. The molecule has 158 valence electrons. The Kier molecular flexibility index (Phi) is 7.45. The van der Waals surface area contributed by atoms with E-state index in [1.54, 1.807) is 61.7 Å². The fraction of sp³-hybridized carbons (Fsp3) is 0.0833. The largest absolute Gasteiger partial charge is 0.496 e. The second-order valence-corrected chi connectivity index (χ2v) is 7.51. The molecule has 0 atom stereocenters. The van der Waals surface area contributed by atoms with Gasteiger partial charge in [-0.25, -0.2) is 0 Å². The van der Waals surface area contributed by atoms with E-state index in [1.807, 2.05) is 24.3 Å². The van der Waals surface area contributed by atoms with Crippen molar-refractivity contribution in [1.29, 1.82) is 0 Å². The Hall–Kier alpha value is -3.58. The molecule has 0 aliphatic carbocycles. The van der Waals surface area contributed by atoms with E-state index in [0.29, 0.717) is 22.6 Å². The fourth-order valence-electron chi connectivity index (χ4n) is 2.85. The van der Waals surface area contributed by atoms with E-state index in [0.717, 1.165) is 10.0 Å². The van der Waals surface area contributed by atoms with Gasteiger partial charge in [0.15, 0.2) is 0 Å². The van der Waals surface area contributed by atoms with Gasteiger partial charge in [-0.15, -0.1) is 0 Å². The van der Waals surface area contributed by atoms with E-state index in [2.05, 4.69) is 26.6 Å². The van der Waals surface area contributed by atoms with Crippen LogP contribution < -0.4 is 21.1 Å². The average Bonchev–Trinajstić information content (AvgIpc) is 2.78. The van der Waals surface area contributed by atoms with Crippen LogP contribution in [0.25, 0.3) is 6.08 Å². The minimum absolute atomic E-state index is 0.112. The molecule has 3 aromatic carbocycles. The number of para-hydroxylation sites is 1. The first kappa shape index (κ1) is 22.1. The van der Waals surface area contributed by atoms with E-state index in [9.17, 15) is 9.59 Å². The van der Waals surface area contributed by atoms with Crippen molar-refractivity contribution < 1.29 is 14.3 Å². The smallest absolute Gasteiger partial charge is 0.268 e. The number of ether oxygens (including phenoxy) is 1. The molecule has 3 rings (SSSR count). The van der Waals surface area contributed by atoms with Crippen molar-refractivity contribution in [3.8, 4) is 5.75 Å². The topological polar surface area (TPSA) is 93.4 Å². The first-order chi connectivity index (χ1) is 15.0. The summed E-state index contributed by atoms with van der Waals surface area (Å²) in [5.74, 6) is -0.149. The molecule has 0 spiro atoms. The van der Waals surface area contributed by atoms with Gasteiger partial charge < -0.3 is 21.1 Å². The molecule has 0 saturated carbocycles. The lowest BCUT2D eigenvalue weighted by Gasteiger charge is -2.13. The van der Waals surface area contributed by atoms with Gasteiger partial charge in [-0.3, -0.25) is 9.59 Å². The Morgan fingerprint density at radius 2 is 1.74 bits per heavy atom. The van der Waals surface area contributed by atoms with Crippen molar-refractivity contribution in [3.05, 3.63) is 99.7 Å². The van der Waals surface area contributed by atoms with Crippen LogP contribution in [0.5, 0.6) is 5.75 Å². The molecule has 0 aromatic heterocycles. The third-order valence-corrected chi connectivity index (χ3v) is 5.13. The highest BCUT2D eigenvalue weighted by atomic mass is 79.9. The van der Waals surface area contributed by atoms with Crippen molar-refractivity contribution in [1.82, 2.24) is 10.6 Å². The molecule has 0 unspecified atom stereocenters. The minimum atomic E-state index is -0.431. The van der Waals surface area contributed by atoms with E-state index in [1.165, 1.54) is 0 Å². The maximum Gasteiger partial charge on any atom is 0.268 e. The third-order valence-electron chi connectivity index (χ3n) is 4.51. The summed E-state index contributed by atoms with van der Waals surface area (Å²) in [6, 6.07) is 21.3. The summed E-state index contributed by atoms with van der Waals surface area (Å²) in [5, 5.41) is 5.53. The first-order valence-electron chi connectivity index (χ1n) is 9.51. The molecule has 2 amide bonds. The van der Waals surface area contributed by atoms with Gasteiger partial charge in [0.25, 0.3) is 11.8 Å². The number of carbonyl (C=O) groups is 2. The van der Waals surface area contributed by atoms with E-state index in [-0.39, 0.29) is 18.1 Å². The van der Waals surface area contributed by atoms with Crippen molar-refractivity contribution in [3.63, 3.8) is 0 Å². The number of nitrogens with two attached hydrogens (primary N) is 1. The number of hydrogen-bond donors (Lipinski definition) is 3. The molecule has 0 saturated heterocycles. The van der Waals surface area contributed by atoms with Gasteiger partial charge in [0.1, 0.15) is 11.4 Å². The van der Waals surface area contributed by atoms with E-state index < -0.39 is 5.91 Å². The Morgan fingerprint density at radius 1 is 1.03 bits per heavy atom. The second-order valence-electron chi connectivity index (χ2n) is 6.65. The van der Waals surface area contributed by atoms with Gasteiger partial charge >= 0.3 is 0 Å². The summed E-state index contributed by atoms with van der Waals surface area (Å²) in [7, 11) is 1.57. The molecule has 31 heavy (non-hydrogen) atoms. The summed E-state index contributed by atoms with van der Waals surface area (Å²) in [6.45, 7) is 0.233. The highest BCUT2D eigenvalue weighted by Crippen LogP contribution is 2.26. The van der Waals surface area contributed by atoms with Gasteiger partial charge in [-0.05, 0) is 63.5 Å². The van der Waals surface area contributed by atoms with Crippen molar-refractivity contribution in [2.24, 2.45) is 0 Å². The fourth-order valence-corrected chi connectivity index (χ4v) is 3.41. The molecular formula is C24H22BrN3O3. The summed E-state index contributed by atoms with van der Waals surface area (Å²) >= 11 is 3.44. The summed E-state index contributed by atoms with van der Waals surface area (Å²) in [4.78, 5) is 25.6. The number of nitrogen functional groups attached to an aromatic ring is 1. The number of nitrogens with one attached hydrogen (secondary N) is 2. The second kappa shape index (κ2) is 10.4. The number of rotatable bonds is 7. The van der Waals surface area contributed by atoms with Crippen LogP contribution in [0, 0.1) is 0 Å². The molecule has 0 radical (unpaired) electrons. The number of amides is 2. The van der Waals surface area contributed by atoms with Crippen LogP contribution in [-0.2, 0) is 11.3 Å². The number of benzene rings is 3. The zero-order chi connectivity index (χ0) is 22.2. The maximum atomic E-state index is 12.9. The lowest BCUT2D eigenvalue weighted by molar-refractivity contribution is -0.117. The molecule has 0 bridgehead atoms. The van der Waals surface area contributed by atoms with Crippen LogP contribution in [0.3, 0.4) is 0 Å². The number of anilines is 1. The zero-order valence-corrected chi connectivity index (χ0v) is 18.5. The molecule has 0 heterocycles. The Morgan fingerprint density at radius 3 is 2.42 bits per heavy atom. The molecular weight excluding hydrogens is 458 g/mol. The van der Waals surface area contributed by atoms with Gasteiger partial charge in [-0.1, -0.05) is 42.5 Å². The Bertz CT molecular complexity index is 1110.